The molecule has 2 aromatic rings. The van der Waals surface area contributed by atoms with Gasteiger partial charge in [-0.3, -0.25) is 9.88 Å². The average molecular weight is 377 g/mol. The molecule has 0 radical (unpaired) electrons. The molecule has 0 saturated carbocycles. The molecule has 0 amide bonds. The fourth-order valence-corrected chi connectivity index (χ4v) is 5.35. The number of nitrogens with zero attached hydrogens (tertiary/aromatic N) is 2. The van der Waals surface area contributed by atoms with Gasteiger partial charge in [0.1, 0.15) is 0 Å². The first kappa shape index (κ1) is 20.8. The van der Waals surface area contributed by atoms with Crippen LogP contribution in [0, 0.1) is 5.92 Å². The molecule has 0 spiro atoms. The van der Waals surface area contributed by atoms with Crippen molar-refractivity contribution in [3.63, 3.8) is 0 Å². The van der Waals surface area contributed by atoms with E-state index in [-0.39, 0.29) is 11.1 Å². The summed E-state index contributed by atoms with van der Waals surface area (Å²) in [5, 5.41) is 0. The summed E-state index contributed by atoms with van der Waals surface area (Å²) in [6.45, 7) is 17.5. The topological polar surface area (TPSA) is 16.1 Å². The fourth-order valence-electron chi connectivity index (χ4n) is 5.35. The van der Waals surface area contributed by atoms with Gasteiger partial charge in [0.05, 0.1) is 5.69 Å². The second-order valence-corrected chi connectivity index (χ2v) is 9.84. The number of rotatable bonds is 6. The summed E-state index contributed by atoms with van der Waals surface area (Å²) in [6, 6.07) is 17.0. The van der Waals surface area contributed by atoms with E-state index in [2.05, 4.69) is 93.5 Å². The lowest BCUT2D eigenvalue weighted by Gasteiger charge is -2.56. The van der Waals surface area contributed by atoms with Crippen LogP contribution >= 0.6 is 0 Å². The summed E-state index contributed by atoms with van der Waals surface area (Å²) >= 11 is 0. The van der Waals surface area contributed by atoms with Crippen molar-refractivity contribution in [1.82, 2.24) is 9.88 Å². The van der Waals surface area contributed by atoms with Crippen LogP contribution in [0.3, 0.4) is 0 Å². The van der Waals surface area contributed by atoms with Gasteiger partial charge in [-0.1, -0.05) is 49.9 Å². The van der Waals surface area contributed by atoms with Gasteiger partial charge >= 0.3 is 0 Å². The zero-order valence-corrected chi connectivity index (χ0v) is 18.3. The number of pyridine rings is 1. The molecule has 150 valence electrons. The van der Waals surface area contributed by atoms with Gasteiger partial charge < -0.3 is 0 Å². The first-order valence-electron chi connectivity index (χ1n) is 10.6. The van der Waals surface area contributed by atoms with E-state index < -0.39 is 0 Å². The Bertz CT molecular complexity index is 759. The van der Waals surface area contributed by atoms with Crippen LogP contribution in [0.4, 0.5) is 0 Å². The Labute approximate surface area is 171 Å². The maximum atomic E-state index is 4.49. The van der Waals surface area contributed by atoms with Gasteiger partial charge in [-0.15, -0.1) is 0 Å². The predicted octanol–water partition coefficient (Wildman–Crippen LogP) is 6.56. The Hall–Kier alpha value is -1.93. The second-order valence-electron chi connectivity index (χ2n) is 9.84. The molecule has 1 aliphatic heterocycles. The Morgan fingerprint density at radius 3 is 2.21 bits per heavy atom. The molecule has 2 heterocycles. The van der Waals surface area contributed by atoms with Crippen molar-refractivity contribution >= 4 is 5.57 Å². The maximum absolute atomic E-state index is 4.49. The van der Waals surface area contributed by atoms with E-state index in [4.69, 9.17) is 0 Å². The second kappa shape index (κ2) is 8.21. The lowest BCUT2D eigenvalue weighted by Crippen LogP contribution is -2.61. The van der Waals surface area contributed by atoms with Crippen LogP contribution in [0.15, 0.2) is 61.3 Å². The molecule has 2 nitrogen and oxygen atoms in total. The van der Waals surface area contributed by atoms with Crippen LogP contribution in [0.1, 0.15) is 71.1 Å². The molecule has 1 aromatic heterocycles. The first-order valence-corrected chi connectivity index (χ1v) is 10.6. The van der Waals surface area contributed by atoms with Crippen molar-refractivity contribution < 1.29 is 0 Å². The van der Waals surface area contributed by atoms with E-state index in [1.165, 1.54) is 24.0 Å². The Morgan fingerprint density at radius 2 is 1.64 bits per heavy atom. The zero-order valence-electron chi connectivity index (χ0n) is 18.3. The Morgan fingerprint density at radius 1 is 1.04 bits per heavy atom. The zero-order chi connectivity index (χ0) is 20.4. The SMILES string of the molecule is C=C(CC1CC(C)(C)N(CC(C)c2ccccc2)C(C)(C)C1)c1ccccn1. The van der Waals surface area contributed by atoms with Crippen LogP contribution < -0.4 is 0 Å². The average Bonchev–Trinajstić information content (AvgIpc) is 2.65. The van der Waals surface area contributed by atoms with E-state index in [1.807, 2.05) is 12.3 Å². The highest BCUT2D eigenvalue weighted by molar-refractivity contribution is 5.59. The summed E-state index contributed by atoms with van der Waals surface area (Å²) in [4.78, 5) is 7.24. The fraction of sp³-hybridized carbons (Fsp3) is 0.500. The minimum Gasteiger partial charge on any atom is -0.292 e. The normalized spacial score (nSPS) is 20.6. The molecule has 2 heteroatoms. The molecule has 1 unspecified atom stereocenters. The van der Waals surface area contributed by atoms with Crippen LogP contribution in [0.25, 0.3) is 5.57 Å². The third-order valence-electron chi connectivity index (χ3n) is 6.43. The highest BCUT2D eigenvalue weighted by atomic mass is 15.3. The van der Waals surface area contributed by atoms with Crippen LogP contribution in [0.5, 0.6) is 0 Å². The molecule has 28 heavy (non-hydrogen) atoms. The van der Waals surface area contributed by atoms with Crippen molar-refractivity contribution in [3.05, 3.63) is 72.6 Å². The Kier molecular flexibility index (Phi) is 6.09. The van der Waals surface area contributed by atoms with Crippen LogP contribution in [0.2, 0.25) is 0 Å². The smallest absolute Gasteiger partial charge is 0.0655 e. The van der Waals surface area contributed by atoms with Crippen LogP contribution in [-0.4, -0.2) is 27.5 Å². The lowest BCUT2D eigenvalue weighted by atomic mass is 9.71. The van der Waals surface area contributed by atoms with Gasteiger partial charge in [-0.2, -0.15) is 0 Å². The molecular formula is C26H36N2. The highest BCUT2D eigenvalue weighted by Gasteiger charge is 2.45. The van der Waals surface area contributed by atoms with Crippen molar-refractivity contribution in [3.8, 4) is 0 Å². The van der Waals surface area contributed by atoms with E-state index >= 15 is 0 Å². The van der Waals surface area contributed by atoms with E-state index in [0.29, 0.717) is 11.8 Å². The summed E-state index contributed by atoms with van der Waals surface area (Å²) in [6.07, 6.45) is 5.29. The van der Waals surface area contributed by atoms with E-state index in [0.717, 1.165) is 18.7 Å². The van der Waals surface area contributed by atoms with Gasteiger partial charge in [-0.05, 0) is 82.1 Å². The van der Waals surface area contributed by atoms with Gasteiger partial charge in [0.15, 0.2) is 0 Å². The number of hydrogen-bond donors (Lipinski definition) is 0. The number of allylic oxidation sites excluding steroid dienone is 1. The number of benzene rings is 1. The molecule has 0 N–H and O–H groups in total. The molecule has 1 atom stereocenters. The van der Waals surface area contributed by atoms with Crippen molar-refractivity contribution in [1.29, 1.82) is 0 Å². The molecule has 1 aliphatic rings. The molecule has 3 rings (SSSR count). The first-order chi connectivity index (χ1) is 13.2. The third kappa shape index (κ3) is 4.72. The summed E-state index contributed by atoms with van der Waals surface area (Å²) in [5.74, 6) is 1.17. The monoisotopic (exact) mass is 376 g/mol. The quantitative estimate of drug-likeness (QED) is 0.567. The van der Waals surface area contributed by atoms with Gasteiger partial charge in [-0.25, -0.2) is 0 Å². The largest absolute Gasteiger partial charge is 0.292 e. The maximum Gasteiger partial charge on any atom is 0.0655 e. The summed E-state index contributed by atoms with van der Waals surface area (Å²) < 4.78 is 0. The molecule has 1 saturated heterocycles. The lowest BCUT2D eigenvalue weighted by molar-refractivity contribution is -0.0532. The van der Waals surface area contributed by atoms with Gasteiger partial charge in [0.2, 0.25) is 0 Å². The molecule has 1 aromatic carbocycles. The third-order valence-corrected chi connectivity index (χ3v) is 6.43. The standard InChI is InChI=1S/C26H36N2/c1-20(24-14-10-11-15-27-24)16-22-17-25(3,4)28(26(5,6)18-22)19-21(2)23-12-8-7-9-13-23/h7-15,21-22H,1,16-19H2,2-6H3. The molecule has 0 bridgehead atoms. The van der Waals surface area contributed by atoms with Crippen molar-refractivity contribution in [2.45, 2.75) is 70.9 Å². The number of hydrogen-bond acceptors (Lipinski definition) is 2. The minimum atomic E-state index is 0.167. The van der Waals surface area contributed by atoms with Crippen molar-refractivity contribution in [2.24, 2.45) is 5.92 Å². The van der Waals surface area contributed by atoms with E-state index in [9.17, 15) is 0 Å². The Balaban J connectivity index is 1.71. The summed E-state index contributed by atoms with van der Waals surface area (Å²) in [7, 11) is 0. The number of aromatic nitrogens is 1. The van der Waals surface area contributed by atoms with Gasteiger partial charge in [0, 0.05) is 23.8 Å². The predicted molar refractivity (Wildman–Crippen MR) is 120 cm³/mol. The van der Waals surface area contributed by atoms with Gasteiger partial charge in [0.25, 0.3) is 0 Å². The number of likely N-dealkylation sites (tertiary alicyclic amines) is 1. The minimum absolute atomic E-state index is 0.167. The molecular weight excluding hydrogens is 340 g/mol. The highest BCUT2D eigenvalue weighted by Crippen LogP contribution is 2.45. The number of piperidine rings is 1. The van der Waals surface area contributed by atoms with E-state index in [1.54, 1.807) is 0 Å². The van der Waals surface area contributed by atoms with Crippen LogP contribution in [-0.2, 0) is 0 Å². The van der Waals surface area contributed by atoms with Crippen molar-refractivity contribution in [2.75, 3.05) is 6.54 Å². The molecule has 1 fully saturated rings. The summed E-state index contributed by atoms with van der Waals surface area (Å²) in [5.41, 5.74) is 3.97. The molecule has 0 aliphatic carbocycles.